The first-order valence-corrected chi connectivity index (χ1v) is 11.0. The Morgan fingerprint density at radius 1 is 1.04 bits per heavy atom. The van der Waals surface area contributed by atoms with E-state index < -0.39 is 9.84 Å². The Hall–Kier alpha value is -2.34. The molecule has 0 aliphatic carbocycles. The van der Waals surface area contributed by atoms with Crippen LogP contribution >= 0.6 is 0 Å². The molecule has 2 rings (SSSR count). The minimum Gasteiger partial charge on any atom is -0.356 e. The molecular formula is C21H29N3O2S. The molecule has 2 aromatic carbocycles. The Morgan fingerprint density at radius 2 is 1.67 bits per heavy atom. The molecule has 1 atom stereocenters. The van der Waals surface area contributed by atoms with Crippen LogP contribution in [0.4, 0.5) is 0 Å². The number of aliphatic imine (C=N–C) groups is 1. The third kappa shape index (κ3) is 7.43. The molecule has 0 aliphatic rings. The van der Waals surface area contributed by atoms with Gasteiger partial charge in [-0.15, -0.1) is 0 Å². The van der Waals surface area contributed by atoms with Crippen molar-refractivity contribution in [2.45, 2.75) is 37.1 Å². The maximum Gasteiger partial charge on any atom is 0.191 e. The minimum atomic E-state index is -3.23. The van der Waals surface area contributed by atoms with E-state index in [-0.39, 0.29) is 11.8 Å². The van der Waals surface area contributed by atoms with E-state index in [0.29, 0.717) is 23.8 Å². The van der Waals surface area contributed by atoms with Gasteiger partial charge in [0.1, 0.15) is 0 Å². The second kappa shape index (κ2) is 10.7. The van der Waals surface area contributed by atoms with Gasteiger partial charge in [0, 0.05) is 19.6 Å². The molecule has 2 N–H and O–H groups in total. The zero-order valence-electron chi connectivity index (χ0n) is 16.1. The van der Waals surface area contributed by atoms with Crippen LogP contribution < -0.4 is 10.6 Å². The Bertz CT molecular complexity index is 806. The molecule has 146 valence electrons. The third-order valence-corrected chi connectivity index (χ3v) is 6.12. The standard InChI is InChI=1S/C21H29N3O2S/c1-18(14-15-19-10-5-3-6-11-19)24-21(22-2)23-16-9-17-27(25,26)20-12-7-4-8-13-20/h3-8,10-13,18H,9,14-17H2,1-2H3,(H2,22,23,24). The largest absolute Gasteiger partial charge is 0.356 e. The topological polar surface area (TPSA) is 70.6 Å². The summed E-state index contributed by atoms with van der Waals surface area (Å²) in [5.41, 5.74) is 1.32. The van der Waals surface area contributed by atoms with Crippen LogP contribution in [0, 0.1) is 0 Å². The average Bonchev–Trinajstić information content (AvgIpc) is 2.70. The summed E-state index contributed by atoms with van der Waals surface area (Å²) in [5.74, 6) is 0.817. The summed E-state index contributed by atoms with van der Waals surface area (Å²) in [6.07, 6.45) is 2.52. The number of hydrogen-bond acceptors (Lipinski definition) is 3. The molecule has 0 heterocycles. The van der Waals surface area contributed by atoms with Crippen LogP contribution in [-0.4, -0.2) is 39.8 Å². The van der Waals surface area contributed by atoms with E-state index in [9.17, 15) is 8.42 Å². The summed E-state index contributed by atoms with van der Waals surface area (Å²) in [6, 6.07) is 19.2. The highest BCUT2D eigenvalue weighted by Gasteiger charge is 2.13. The molecular weight excluding hydrogens is 358 g/mol. The van der Waals surface area contributed by atoms with Gasteiger partial charge in [-0.2, -0.15) is 0 Å². The van der Waals surface area contributed by atoms with Gasteiger partial charge in [0.15, 0.2) is 15.8 Å². The fraction of sp³-hybridized carbons (Fsp3) is 0.381. The summed E-state index contributed by atoms with van der Waals surface area (Å²) in [6.45, 7) is 2.67. The van der Waals surface area contributed by atoms with Crippen molar-refractivity contribution in [1.29, 1.82) is 0 Å². The first-order chi connectivity index (χ1) is 13.0. The first-order valence-electron chi connectivity index (χ1n) is 9.30. The lowest BCUT2D eigenvalue weighted by Crippen LogP contribution is -2.43. The fourth-order valence-electron chi connectivity index (χ4n) is 2.74. The summed E-state index contributed by atoms with van der Waals surface area (Å²) in [5, 5.41) is 6.55. The molecule has 0 aliphatic heterocycles. The number of hydrogen-bond donors (Lipinski definition) is 2. The van der Waals surface area contributed by atoms with Gasteiger partial charge < -0.3 is 10.6 Å². The summed E-state index contributed by atoms with van der Waals surface area (Å²) in [4.78, 5) is 4.60. The van der Waals surface area contributed by atoms with Crippen molar-refractivity contribution in [3.8, 4) is 0 Å². The van der Waals surface area contributed by atoms with Crippen molar-refractivity contribution in [3.05, 3.63) is 66.2 Å². The van der Waals surface area contributed by atoms with Crippen LogP contribution in [0.3, 0.4) is 0 Å². The van der Waals surface area contributed by atoms with E-state index in [2.05, 4.69) is 46.8 Å². The molecule has 27 heavy (non-hydrogen) atoms. The van der Waals surface area contributed by atoms with Gasteiger partial charge in [-0.05, 0) is 43.9 Å². The highest BCUT2D eigenvalue weighted by Crippen LogP contribution is 2.10. The zero-order chi connectivity index (χ0) is 19.5. The zero-order valence-corrected chi connectivity index (χ0v) is 16.9. The Morgan fingerprint density at radius 3 is 2.30 bits per heavy atom. The molecule has 0 saturated carbocycles. The van der Waals surface area contributed by atoms with Crippen molar-refractivity contribution in [2.75, 3.05) is 19.3 Å². The van der Waals surface area contributed by atoms with E-state index in [4.69, 9.17) is 0 Å². The number of rotatable bonds is 9. The molecule has 0 fully saturated rings. The van der Waals surface area contributed by atoms with E-state index in [1.165, 1.54) is 5.56 Å². The molecule has 1 unspecified atom stereocenters. The van der Waals surface area contributed by atoms with E-state index in [1.54, 1.807) is 31.3 Å². The smallest absolute Gasteiger partial charge is 0.191 e. The molecule has 5 nitrogen and oxygen atoms in total. The minimum absolute atomic E-state index is 0.116. The Labute approximate surface area is 162 Å². The second-order valence-corrected chi connectivity index (χ2v) is 8.66. The van der Waals surface area contributed by atoms with Crippen LogP contribution in [0.5, 0.6) is 0 Å². The molecule has 0 amide bonds. The van der Waals surface area contributed by atoms with Gasteiger partial charge in [-0.25, -0.2) is 8.42 Å². The lowest BCUT2D eigenvalue weighted by Gasteiger charge is -2.18. The molecule has 0 saturated heterocycles. The summed E-state index contributed by atoms with van der Waals surface area (Å²) < 4.78 is 24.5. The van der Waals surface area contributed by atoms with Crippen LogP contribution in [-0.2, 0) is 16.3 Å². The second-order valence-electron chi connectivity index (χ2n) is 6.55. The number of benzene rings is 2. The van der Waals surface area contributed by atoms with Crippen molar-refractivity contribution >= 4 is 15.8 Å². The predicted octanol–water partition coefficient (Wildman–Crippen LogP) is 3.04. The van der Waals surface area contributed by atoms with Crippen molar-refractivity contribution in [2.24, 2.45) is 4.99 Å². The van der Waals surface area contributed by atoms with Gasteiger partial charge in [0.05, 0.1) is 10.6 Å². The van der Waals surface area contributed by atoms with Crippen LogP contribution in [0.15, 0.2) is 70.6 Å². The number of nitrogens with one attached hydrogen (secondary N) is 2. The van der Waals surface area contributed by atoms with Crippen LogP contribution in [0.2, 0.25) is 0 Å². The molecule has 0 aromatic heterocycles. The van der Waals surface area contributed by atoms with Crippen LogP contribution in [0.25, 0.3) is 0 Å². The van der Waals surface area contributed by atoms with E-state index in [1.807, 2.05) is 12.1 Å². The summed E-state index contributed by atoms with van der Waals surface area (Å²) in [7, 11) is -1.51. The van der Waals surface area contributed by atoms with Crippen molar-refractivity contribution in [3.63, 3.8) is 0 Å². The van der Waals surface area contributed by atoms with Gasteiger partial charge >= 0.3 is 0 Å². The van der Waals surface area contributed by atoms with Gasteiger partial charge in [-0.1, -0.05) is 48.5 Å². The Kier molecular flexibility index (Phi) is 8.33. The maximum absolute atomic E-state index is 12.3. The quantitative estimate of drug-likeness (QED) is 0.394. The molecule has 0 spiro atoms. The average molecular weight is 388 g/mol. The fourth-order valence-corrected chi connectivity index (χ4v) is 4.07. The lowest BCUT2D eigenvalue weighted by molar-refractivity contribution is 0.586. The molecule has 0 radical (unpaired) electrons. The van der Waals surface area contributed by atoms with Crippen molar-refractivity contribution in [1.82, 2.24) is 10.6 Å². The SMILES string of the molecule is CN=C(NCCCS(=O)(=O)c1ccccc1)NC(C)CCc1ccccc1. The number of guanidine groups is 1. The number of sulfone groups is 1. The van der Waals surface area contributed by atoms with E-state index in [0.717, 1.165) is 12.8 Å². The third-order valence-electron chi connectivity index (χ3n) is 4.30. The highest BCUT2D eigenvalue weighted by molar-refractivity contribution is 7.91. The van der Waals surface area contributed by atoms with Gasteiger partial charge in [0.25, 0.3) is 0 Å². The van der Waals surface area contributed by atoms with Crippen molar-refractivity contribution < 1.29 is 8.42 Å². The highest BCUT2D eigenvalue weighted by atomic mass is 32.2. The first kappa shape index (κ1) is 21.0. The summed E-state index contributed by atoms with van der Waals surface area (Å²) >= 11 is 0. The normalized spacial score (nSPS) is 13.2. The number of aryl methyl sites for hydroxylation is 1. The predicted molar refractivity (Wildman–Crippen MR) is 112 cm³/mol. The van der Waals surface area contributed by atoms with Crippen LogP contribution in [0.1, 0.15) is 25.3 Å². The molecule has 6 heteroatoms. The number of nitrogens with zero attached hydrogens (tertiary/aromatic N) is 1. The van der Waals surface area contributed by atoms with E-state index >= 15 is 0 Å². The lowest BCUT2D eigenvalue weighted by atomic mass is 10.1. The maximum atomic E-state index is 12.3. The molecule has 2 aromatic rings. The monoisotopic (exact) mass is 387 g/mol. The Balaban J connectivity index is 1.70. The van der Waals surface area contributed by atoms with Gasteiger partial charge in [-0.3, -0.25) is 4.99 Å². The molecule has 0 bridgehead atoms. The van der Waals surface area contributed by atoms with Gasteiger partial charge in [0.2, 0.25) is 0 Å².